The maximum absolute atomic E-state index is 5.91. The summed E-state index contributed by atoms with van der Waals surface area (Å²) in [5.74, 6) is 0. The molecule has 0 heterocycles. The molecule has 0 aliphatic rings. The van der Waals surface area contributed by atoms with E-state index in [0.29, 0.717) is 6.54 Å². The molecule has 2 rings (SSSR count). The van der Waals surface area contributed by atoms with Crippen LogP contribution in [0.2, 0.25) is 0 Å². The van der Waals surface area contributed by atoms with Crippen molar-refractivity contribution in [3.8, 4) is 0 Å². The standard InChI is InChI=1S/C17H22N2/c1-13-8-14(2)10-16(9-13)17(11-18)19-12-15-6-4-3-5-7-15/h3-10,17,19H,11-12,18H2,1-2H3. The molecule has 0 saturated carbocycles. The zero-order valence-corrected chi connectivity index (χ0v) is 11.7. The van der Waals surface area contributed by atoms with Crippen molar-refractivity contribution in [3.63, 3.8) is 0 Å². The minimum Gasteiger partial charge on any atom is -0.329 e. The van der Waals surface area contributed by atoms with Gasteiger partial charge in [-0.15, -0.1) is 0 Å². The topological polar surface area (TPSA) is 38.0 Å². The lowest BCUT2D eigenvalue weighted by Gasteiger charge is -2.18. The third kappa shape index (κ3) is 3.91. The molecule has 0 radical (unpaired) electrons. The molecule has 0 aromatic heterocycles. The molecule has 0 aliphatic carbocycles. The van der Waals surface area contributed by atoms with Crippen LogP contribution in [0.3, 0.4) is 0 Å². The van der Waals surface area contributed by atoms with Crippen LogP contribution in [-0.2, 0) is 6.54 Å². The van der Waals surface area contributed by atoms with Gasteiger partial charge in [0.1, 0.15) is 0 Å². The quantitative estimate of drug-likeness (QED) is 0.860. The van der Waals surface area contributed by atoms with Crippen LogP contribution in [0.15, 0.2) is 48.5 Å². The summed E-state index contributed by atoms with van der Waals surface area (Å²) >= 11 is 0. The SMILES string of the molecule is Cc1cc(C)cc(C(CN)NCc2ccccc2)c1. The van der Waals surface area contributed by atoms with E-state index in [-0.39, 0.29) is 6.04 Å². The maximum atomic E-state index is 5.91. The summed E-state index contributed by atoms with van der Waals surface area (Å²) in [4.78, 5) is 0. The largest absolute Gasteiger partial charge is 0.329 e. The zero-order valence-electron chi connectivity index (χ0n) is 11.7. The van der Waals surface area contributed by atoms with E-state index in [1.54, 1.807) is 0 Å². The highest BCUT2D eigenvalue weighted by Gasteiger charge is 2.09. The van der Waals surface area contributed by atoms with E-state index >= 15 is 0 Å². The summed E-state index contributed by atoms with van der Waals surface area (Å²) in [7, 11) is 0. The Morgan fingerprint density at radius 2 is 1.63 bits per heavy atom. The molecule has 0 bridgehead atoms. The number of rotatable bonds is 5. The minimum atomic E-state index is 0.207. The number of aryl methyl sites for hydroxylation is 2. The molecule has 1 atom stereocenters. The predicted octanol–water partition coefficient (Wildman–Crippen LogP) is 3.09. The smallest absolute Gasteiger partial charge is 0.0447 e. The first-order chi connectivity index (χ1) is 9.19. The van der Waals surface area contributed by atoms with Crippen molar-refractivity contribution in [1.29, 1.82) is 0 Å². The van der Waals surface area contributed by atoms with Crippen molar-refractivity contribution in [2.75, 3.05) is 6.54 Å². The molecular formula is C17H22N2. The predicted molar refractivity (Wildman–Crippen MR) is 81.0 cm³/mol. The van der Waals surface area contributed by atoms with Gasteiger partial charge in [-0.05, 0) is 25.0 Å². The van der Waals surface area contributed by atoms with Gasteiger partial charge in [0.2, 0.25) is 0 Å². The van der Waals surface area contributed by atoms with Crippen LogP contribution in [0.4, 0.5) is 0 Å². The summed E-state index contributed by atoms with van der Waals surface area (Å²) in [6.45, 7) is 5.70. The normalized spacial score (nSPS) is 12.4. The number of nitrogens with one attached hydrogen (secondary N) is 1. The van der Waals surface area contributed by atoms with Gasteiger partial charge in [0.15, 0.2) is 0 Å². The van der Waals surface area contributed by atoms with Crippen molar-refractivity contribution < 1.29 is 0 Å². The Balaban J connectivity index is 2.07. The Morgan fingerprint density at radius 3 is 2.21 bits per heavy atom. The number of benzene rings is 2. The van der Waals surface area contributed by atoms with Crippen LogP contribution in [-0.4, -0.2) is 6.54 Å². The highest BCUT2D eigenvalue weighted by molar-refractivity contribution is 5.31. The Labute approximate surface area is 115 Å². The Kier molecular flexibility index (Phi) is 4.72. The maximum Gasteiger partial charge on any atom is 0.0447 e. The molecule has 0 spiro atoms. The van der Waals surface area contributed by atoms with Crippen LogP contribution in [0.1, 0.15) is 28.3 Å². The van der Waals surface area contributed by atoms with E-state index in [1.165, 1.54) is 22.3 Å². The van der Waals surface area contributed by atoms with Crippen LogP contribution in [0, 0.1) is 13.8 Å². The van der Waals surface area contributed by atoms with E-state index in [4.69, 9.17) is 5.73 Å². The Hall–Kier alpha value is -1.64. The molecule has 19 heavy (non-hydrogen) atoms. The molecular weight excluding hydrogens is 232 g/mol. The van der Waals surface area contributed by atoms with Crippen molar-refractivity contribution in [1.82, 2.24) is 5.32 Å². The molecule has 0 amide bonds. The van der Waals surface area contributed by atoms with Crippen LogP contribution >= 0.6 is 0 Å². The van der Waals surface area contributed by atoms with Gasteiger partial charge in [0.05, 0.1) is 0 Å². The van der Waals surface area contributed by atoms with Crippen LogP contribution < -0.4 is 11.1 Å². The highest BCUT2D eigenvalue weighted by atomic mass is 14.9. The lowest BCUT2D eigenvalue weighted by Crippen LogP contribution is -2.28. The summed E-state index contributed by atoms with van der Waals surface area (Å²) in [6, 6.07) is 17.2. The van der Waals surface area contributed by atoms with Gasteiger partial charge in [-0.1, -0.05) is 59.7 Å². The average molecular weight is 254 g/mol. The molecule has 0 fully saturated rings. The van der Waals surface area contributed by atoms with Gasteiger partial charge < -0.3 is 11.1 Å². The van der Waals surface area contributed by atoms with Crippen LogP contribution in [0.25, 0.3) is 0 Å². The third-order valence-corrected chi connectivity index (χ3v) is 3.28. The summed E-state index contributed by atoms with van der Waals surface area (Å²) < 4.78 is 0. The van der Waals surface area contributed by atoms with Crippen molar-refractivity contribution in [2.45, 2.75) is 26.4 Å². The summed E-state index contributed by atoms with van der Waals surface area (Å²) in [5, 5.41) is 3.53. The highest BCUT2D eigenvalue weighted by Crippen LogP contribution is 2.17. The van der Waals surface area contributed by atoms with E-state index in [2.05, 4.69) is 61.6 Å². The van der Waals surface area contributed by atoms with Crippen molar-refractivity contribution in [2.24, 2.45) is 5.73 Å². The molecule has 3 N–H and O–H groups in total. The van der Waals surface area contributed by atoms with E-state index in [9.17, 15) is 0 Å². The first-order valence-electron chi connectivity index (χ1n) is 6.74. The lowest BCUT2D eigenvalue weighted by molar-refractivity contribution is 0.541. The first kappa shape index (κ1) is 13.8. The van der Waals surface area contributed by atoms with Gasteiger partial charge in [0.25, 0.3) is 0 Å². The monoisotopic (exact) mass is 254 g/mol. The molecule has 1 unspecified atom stereocenters. The van der Waals surface area contributed by atoms with Gasteiger partial charge >= 0.3 is 0 Å². The molecule has 2 aromatic carbocycles. The van der Waals surface area contributed by atoms with Gasteiger partial charge in [0, 0.05) is 19.1 Å². The average Bonchev–Trinajstić information content (AvgIpc) is 2.39. The van der Waals surface area contributed by atoms with E-state index in [1.807, 2.05) is 6.07 Å². The Morgan fingerprint density at radius 1 is 1.00 bits per heavy atom. The molecule has 0 saturated heterocycles. The van der Waals surface area contributed by atoms with Gasteiger partial charge in [-0.25, -0.2) is 0 Å². The van der Waals surface area contributed by atoms with Crippen LogP contribution in [0.5, 0.6) is 0 Å². The second-order valence-electron chi connectivity index (χ2n) is 5.08. The summed E-state index contributed by atoms with van der Waals surface area (Å²) in [5.41, 5.74) is 11.0. The second kappa shape index (κ2) is 6.50. The number of hydrogen-bond donors (Lipinski definition) is 2. The molecule has 2 aromatic rings. The van der Waals surface area contributed by atoms with Crippen molar-refractivity contribution >= 4 is 0 Å². The molecule has 2 nitrogen and oxygen atoms in total. The number of hydrogen-bond acceptors (Lipinski definition) is 2. The van der Waals surface area contributed by atoms with E-state index < -0.39 is 0 Å². The number of nitrogens with two attached hydrogens (primary N) is 1. The zero-order chi connectivity index (χ0) is 13.7. The fraction of sp³-hybridized carbons (Fsp3) is 0.294. The first-order valence-corrected chi connectivity index (χ1v) is 6.74. The van der Waals surface area contributed by atoms with Crippen molar-refractivity contribution in [3.05, 3.63) is 70.8 Å². The fourth-order valence-corrected chi connectivity index (χ4v) is 2.39. The fourth-order valence-electron chi connectivity index (χ4n) is 2.39. The third-order valence-electron chi connectivity index (χ3n) is 3.28. The Bertz CT molecular complexity index is 500. The second-order valence-corrected chi connectivity index (χ2v) is 5.08. The molecule has 0 aliphatic heterocycles. The lowest BCUT2D eigenvalue weighted by atomic mass is 10.0. The van der Waals surface area contributed by atoms with E-state index in [0.717, 1.165) is 6.54 Å². The molecule has 100 valence electrons. The van der Waals surface area contributed by atoms with Gasteiger partial charge in [-0.2, -0.15) is 0 Å². The molecule has 2 heteroatoms. The summed E-state index contributed by atoms with van der Waals surface area (Å²) in [6.07, 6.45) is 0. The van der Waals surface area contributed by atoms with Gasteiger partial charge in [-0.3, -0.25) is 0 Å². The minimum absolute atomic E-state index is 0.207.